The van der Waals surface area contributed by atoms with E-state index in [1.807, 2.05) is 0 Å². The second kappa shape index (κ2) is 10.8. The molecule has 0 spiro atoms. The molecular formula is C20H26N4O7S. The Labute approximate surface area is 188 Å². The first-order valence-corrected chi connectivity index (χ1v) is 10.9. The Morgan fingerprint density at radius 1 is 1.12 bits per heavy atom. The van der Waals surface area contributed by atoms with E-state index in [0.29, 0.717) is 29.9 Å². The van der Waals surface area contributed by atoms with Crippen molar-refractivity contribution in [2.75, 3.05) is 18.5 Å². The van der Waals surface area contributed by atoms with Gasteiger partial charge in [0, 0.05) is 13.0 Å². The van der Waals surface area contributed by atoms with Gasteiger partial charge in [0.15, 0.2) is 0 Å². The maximum atomic E-state index is 12.5. The maximum absolute atomic E-state index is 12.5. The lowest BCUT2D eigenvalue weighted by Crippen LogP contribution is -2.15. The van der Waals surface area contributed by atoms with Crippen molar-refractivity contribution in [1.29, 1.82) is 0 Å². The van der Waals surface area contributed by atoms with Gasteiger partial charge in [0.25, 0.3) is 0 Å². The molecule has 0 aliphatic carbocycles. The number of ether oxygens (including phenoxy) is 2. The average Bonchev–Trinajstić information content (AvgIpc) is 3.17. The second-order valence-corrected chi connectivity index (χ2v) is 7.87. The topological polar surface area (TPSA) is 143 Å². The van der Waals surface area contributed by atoms with Gasteiger partial charge in [-0.05, 0) is 46.6 Å². The van der Waals surface area contributed by atoms with E-state index in [1.165, 1.54) is 4.68 Å². The van der Waals surface area contributed by atoms with Crippen molar-refractivity contribution in [2.24, 2.45) is 0 Å². The van der Waals surface area contributed by atoms with E-state index in [-0.39, 0.29) is 46.7 Å². The van der Waals surface area contributed by atoms with Gasteiger partial charge in [0.1, 0.15) is 21.3 Å². The van der Waals surface area contributed by atoms with Crippen LogP contribution in [0.5, 0.6) is 0 Å². The summed E-state index contributed by atoms with van der Waals surface area (Å²) in [7, 11) is 0. The molecule has 1 N–H and O–H groups in total. The van der Waals surface area contributed by atoms with Crippen molar-refractivity contribution < 1.29 is 28.8 Å². The molecule has 0 atom stereocenters. The SMILES string of the molecule is CCOC(=O)c1sc(NC(=O)CCCn2nc(C)c([N+](=O)[O-])c2C)c(C(=O)OCC)c1C. The van der Waals surface area contributed by atoms with Crippen LogP contribution in [0.4, 0.5) is 10.7 Å². The fourth-order valence-electron chi connectivity index (χ4n) is 3.19. The summed E-state index contributed by atoms with van der Waals surface area (Å²) in [6.07, 6.45) is 0.453. The zero-order valence-corrected chi connectivity index (χ0v) is 19.5. The Morgan fingerprint density at radius 2 is 1.75 bits per heavy atom. The average molecular weight is 467 g/mol. The zero-order valence-electron chi connectivity index (χ0n) is 18.6. The molecule has 0 aliphatic rings. The number of nitrogens with zero attached hydrogens (tertiary/aromatic N) is 3. The fourth-order valence-corrected chi connectivity index (χ4v) is 4.29. The molecule has 2 rings (SSSR count). The number of nitrogens with one attached hydrogen (secondary N) is 1. The number of aryl methyl sites for hydroxylation is 2. The van der Waals surface area contributed by atoms with E-state index in [9.17, 15) is 24.5 Å². The van der Waals surface area contributed by atoms with E-state index in [1.54, 1.807) is 34.6 Å². The van der Waals surface area contributed by atoms with Gasteiger partial charge in [-0.3, -0.25) is 19.6 Å². The minimum absolute atomic E-state index is 0.0333. The Bertz CT molecular complexity index is 1040. The summed E-state index contributed by atoms with van der Waals surface area (Å²) in [5.41, 5.74) is 1.22. The minimum Gasteiger partial charge on any atom is -0.462 e. The van der Waals surface area contributed by atoms with Crippen LogP contribution in [-0.4, -0.2) is 45.8 Å². The van der Waals surface area contributed by atoms with Crippen molar-refractivity contribution in [2.45, 2.75) is 54.0 Å². The summed E-state index contributed by atoms with van der Waals surface area (Å²) in [6, 6.07) is 0. The molecule has 0 saturated carbocycles. The van der Waals surface area contributed by atoms with Crippen molar-refractivity contribution in [3.63, 3.8) is 0 Å². The minimum atomic E-state index is -0.637. The lowest BCUT2D eigenvalue weighted by molar-refractivity contribution is -0.386. The Morgan fingerprint density at radius 3 is 2.31 bits per heavy atom. The summed E-state index contributed by atoms with van der Waals surface area (Å²) >= 11 is 0.958. The molecular weight excluding hydrogens is 440 g/mol. The van der Waals surface area contributed by atoms with Gasteiger partial charge in [0.05, 0.1) is 23.7 Å². The van der Waals surface area contributed by atoms with Crippen molar-refractivity contribution in [3.05, 3.63) is 37.5 Å². The third-order valence-electron chi connectivity index (χ3n) is 4.64. The molecule has 1 amide bonds. The summed E-state index contributed by atoms with van der Waals surface area (Å²) < 4.78 is 11.6. The van der Waals surface area contributed by atoms with Crippen molar-refractivity contribution >= 4 is 39.9 Å². The standard InChI is InChI=1S/C20H26N4O7S/c1-6-30-19(26)15-11(3)17(20(27)31-7-2)32-18(15)21-14(25)9-8-10-23-13(5)16(24(28)29)12(4)22-23/h6-10H2,1-5H3,(H,21,25). The number of thiophene rings is 1. The molecule has 2 aromatic heterocycles. The Hall–Kier alpha value is -3.28. The zero-order chi connectivity index (χ0) is 24.0. The van der Waals surface area contributed by atoms with Gasteiger partial charge in [-0.1, -0.05) is 0 Å². The predicted molar refractivity (Wildman–Crippen MR) is 117 cm³/mol. The summed E-state index contributed by atoms with van der Waals surface area (Å²) in [6.45, 7) is 8.74. The number of hydrogen-bond acceptors (Lipinski definition) is 9. The third-order valence-corrected chi connectivity index (χ3v) is 5.83. The van der Waals surface area contributed by atoms with Gasteiger partial charge in [-0.25, -0.2) is 9.59 Å². The lowest BCUT2D eigenvalue weighted by Gasteiger charge is -2.07. The van der Waals surface area contributed by atoms with E-state index in [4.69, 9.17) is 9.47 Å². The van der Waals surface area contributed by atoms with Gasteiger partial charge < -0.3 is 14.8 Å². The summed E-state index contributed by atoms with van der Waals surface area (Å²) in [5, 5.41) is 18.2. The normalized spacial score (nSPS) is 10.7. The molecule has 0 bridgehead atoms. The van der Waals surface area contributed by atoms with Crippen LogP contribution in [0.1, 0.15) is 63.7 Å². The monoisotopic (exact) mass is 466 g/mol. The molecule has 2 aromatic rings. The predicted octanol–water partition coefficient (Wildman–Crippen LogP) is 3.55. The van der Waals surface area contributed by atoms with Gasteiger partial charge in [0.2, 0.25) is 5.91 Å². The molecule has 0 unspecified atom stereocenters. The number of aromatic nitrogens is 2. The lowest BCUT2D eigenvalue weighted by atomic mass is 10.1. The maximum Gasteiger partial charge on any atom is 0.348 e. The van der Waals surface area contributed by atoms with Crippen LogP contribution in [0, 0.1) is 30.9 Å². The number of amides is 1. The summed E-state index contributed by atoms with van der Waals surface area (Å²) in [5.74, 6) is -1.59. The van der Waals surface area contributed by atoms with Crippen LogP contribution in [-0.2, 0) is 20.8 Å². The molecule has 0 radical (unpaired) electrons. The van der Waals surface area contributed by atoms with Gasteiger partial charge in [-0.15, -0.1) is 11.3 Å². The first-order valence-electron chi connectivity index (χ1n) is 10.1. The smallest absolute Gasteiger partial charge is 0.348 e. The van der Waals surface area contributed by atoms with E-state index >= 15 is 0 Å². The largest absolute Gasteiger partial charge is 0.462 e. The van der Waals surface area contributed by atoms with Crippen LogP contribution < -0.4 is 5.32 Å². The second-order valence-electron chi connectivity index (χ2n) is 6.85. The van der Waals surface area contributed by atoms with Crippen LogP contribution in [0.25, 0.3) is 0 Å². The molecule has 0 aliphatic heterocycles. The quantitative estimate of drug-likeness (QED) is 0.318. The first kappa shape index (κ1) is 25.0. The third kappa shape index (κ3) is 5.49. The molecule has 11 nitrogen and oxygen atoms in total. The van der Waals surface area contributed by atoms with Crippen molar-refractivity contribution in [3.8, 4) is 0 Å². The highest BCUT2D eigenvalue weighted by Gasteiger charge is 2.27. The Balaban J connectivity index is 2.12. The highest BCUT2D eigenvalue weighted by molar-refractivity contribution is 7.18. The number of nitro groups is 1. The molecule has 32 heavy (non-hydrogen) atoms. The number of hydrogen-bond donors (Lipinski definition) is 1. The molecule has 2 heterocycles. The van der Waals surface area contributed by atoms with Crippen LogP contribution >= 0.6 is 11.3 Å². The first-order chi connectivity index (χ1) is 15.1. The van der Waals surface area contributed by atoms with Crippen LogP contribution in [0.2, 0.25) is 0 Å². The number of carbonyl (C=O) groups excluding carboxylic acids is 3. The fraction of sp³-hybridized carbons (Fsp3) is 0.500. The van der Waals surface area contributed by atoms with E-state index in [0.717, 1.165) is 11.3 Å². The van der Waals surface area contributed by atoms with Crippen molar-refractivity contribution in [1.82, 2.24) is 9.78 Å². The van der Waals surface area contributed by atoms with Crippen LogP contribution in [0.15, 0.2) is 0 Å². The van der Waals surface area contributed by atoms with Gasteiger partial charge in [-0.2, -0.15) is 5.10 Å². The number of rotatable bonds is 10. The molecule has 0 fully saturated rings. The Kier molecular flexibility index (Phi) is 8.47. The van der Waals surface area contributed by atoms with E-state index in [2.05, 4.69) is 10.4 Å². The van der Waals surface area contributed by atoms with E-state index < -0.39 is 16.9 Å². The highest BCUT2D eigenvalue weighted by Crippen LogP contribution is 2.34. The molecule has 0 saturated heterocycles. The molecule has 174 valence electrons. The van der Waals surface area contributed by atoms with Gasteiger partial charge >= 0.3 is 17.6 Å². The molecule has 0 aromatic carbocycles. The number of carbonyl (C=O) groups is 3. The summed E-state index contributed by atoms with van der Waals surface area (Å²) in [4.78, 5) is 48.0. The number of esters is 2. The number of anilines is 1. The van der Waals surface area contributed by atoms with Crippen LogP contribution in [0.3, 0.4) is 0 Å². The highest BCUT2D eigenvalue weighted by atomic mass is 32.1. The molecule has 12 heteroatoms.